The number of amides is 1. The highest BCUT2D eigenvalue weighted by Gasteiger charge is 2.58. The summed E-state index contributed by atoms with van der Waals surface area (Å²) >= 11 is 6.23. The lowest BCUT2D eigenvalue weighted by Crippen LogP contribution is -2.50. The number of anilines is 1. The quantitative estimate of drug-likeness (QED) is 0.554. The minimum absolute atomic E-state index is 0.0172. The Hall–Kier alpha value is -2.43. The fourth-order valence-electron chi connectivity index (χ4n) is 5.49. The van der Waals surface area contributed by atoms with Crippen molar-refractivity contribution in [3.63, 3.8) is 0 Å². The molecular weight excluding hydrogens is 507 g/mol. The number of hydrogen-bond acceptors (Lipinski definition) is 5. The van der Waals surface area contributed by atoms with E-state index in [9.17, 15) is 36.3 Å². The van der Waals surface area contributed by atoms with Crippen LogP contribution in [0.15, 0.2) is 35.2 Å². The number of rotatable bonds is 5. The first kappa shape index (κ1) is 25.7. The Balaban J connectivity index is 1.66. The average Bonchev–Trinajstić information content (AvgIpc) is 2.99. The van der Waals surface area contributed by atoms with Crippen LogP contribution in [0.1, 0.15) is 43.5 Å². The van der Waals surface area contributed by atoms with Crippen LogP contribution in [0.5, 0.6) is 0 Å². The van der Waals surface area contributed by atoms with Crippen molar-refractivity contribution in [2.24, 2.45) is 17.8 Å². The first-order valence-corrected chi connectivity index (χ1v) is 12.9. The van der Waals surface area contributed by atoms with Gasteiger partial charge in [-0.05, 0) is 62.1 Å². The third kappa shape index (κ3) is 4.47. The zero-order valence-corrected chi connectivity index (χ0v) is 20.4. The van der Waals surface area contributed by atoms with Gasteiger partial charge < -0.3 is 10.4 Å². The molecule has 6 nitrogen and oxygen atoms in total. The molecule has 5 atom stereocenters. The predicted molar refractivity (Wildman–Crippen MR) is 122 cm³/mol. The van der Waals surface area contributed by atoms with E-state index in [1.807, 2.05) is 6.92 Å². The van der Waals surface area contributed by atoms with E-state index in [0.717, 1.165) is 6.07 Å². The molecule has 0 spiro atoms. The van der Waals surface area contributed by atoms with Gasteiger partial charge in [0.15, 0.2) is 33.1 Å². The highest BCUT2D eigenvalue weighted by Crippen LogP contribution is 2.54. The van der Waals surface area contributed by atoms with E-state index in [4.69, 9.17) is 11.6 Å². The number of ketones is 1. The van der Waals surface area contributed by atoms with Crippen LogP contribution < -0.4 is 5.32 Å². The second-order valence-electron chi connectivity index (χ2n) is 9.50. The molecular formula is C24H23ClF3NO5S. The second-order valence-corrected chi connectivity index (χ2v) is 12.0. The molecule has 0 aromatic heterocycles. The lowest BCUT2D eigenvalue weighted by atomic mass is 9.74. The van der Waals surface area contributed by atoms with Crippen LogP contribution in [0.25, 0.3) is 0 Å². The number of carbonyl (C=O) groups excluding carboxylic acids is 2. The maximum atomic E-state index is 13.7. The lowest BCUT2D eigenvalue weighted by molar-refractivity contribution is -0.140. The third-order valence-electron chi connectivity index (χ3n) is 7.22. The molecule has 2 bridgehead atoms. The van der Waals surface area contributed by atoms with Gasteiger partial charge >= 0.3 is 0 Å². The van der Waals surface area contributed by atoms with E-state index >= 15 is 0 Å². The molecule has 0 aliphatic heterocycles. The van der Waals surface area contributed by atoms with Gasteiger partial charge in [0, 0.05) is 23.4 Å². The summed E-state index contributed by atoms with van der Waals surface area (Å²) in [5.41, 5.74) is -2.07. The monoisotopic (exact) mass is 529 g/mol. The van der Waals surface area contributed by atoms with Crippen molar-refractivity contribution in [2.75, 3.05) is 5.32 Å². The van der Waals surface area contributed by atoms with Gasteiger partial charge in [-0.2, -0.15) is 0 Å². The van der Waals surface area contributed by atoms with Crippen molar-refractivity contribution in [3.05, 3.63) is 58.4 Å². The van der Waals surface area contributed by atoms with E-state index in [2.05, 4.69) is 5.32 Å². The molecule has 1 amide bonds. The molecule has 35 heavy (non-hydrogen) atoms. The average molecular weight is 530 g/mol. The van der Waals surface area contributed by atoms with Crippen molar-refractivity contribution in [3.8, 4) is 0 Å². The van der Waals surface area contributed by atoms with E-state index < -0.39 is 61.7 Å². The summed E-state index contributed by atoms with van der Waals surface area (Å²) in [5.74, 6) is -6.96. The first-order valence-electron chi connectivity index (χ1n) is 11.0. The largest absolute Gasteiger partial charge is 0.382 e. The zero-order valence-electron chi connectivity index (χ0n) is 18.8. The lowest BCUT2D eigenvalue weighted by Gasteiger charge is -2.40. The Labute approximate surface area is 205 Å². The number of aliphatic hydroxyl groups is 1. The number of fused-ring (bicyclic) bond motifs is 2. The molecule has 2 N–H and O–H groups in total. The van der Waals surface area contributed by atoms with Gasteiger partial charge in [0.2, 0.25) is 0 Å². The highest BCUT2D eigenvalue weighted by molar-refractivity contribution is 7.92. The molecule has 0 radical (unpaired) electrons. The van der Waals surface area contributed by atoms with E-state index in [1.54, 1.807) is 0 Å². The predicted octanol–water partition coefficient (Wildman–Crippen LogP) is 4.54. The molecule has 2 saturated carbocycles. The molecule has 11 heteroatoms. The second kappa shape index (κ2) is 8.90. The Morgan fingerprint density at radius 3 is 2.31 bits per heavy atom. The normalized spacial score (nSPS) is 28.1. The third-order valence-corrected chi connectivity index (χ3v) is 10.1. The Morgan fingerprint density at radius 2 is 1.74 bits per heavy atom. The molecule has 188 valence electrons. The van der Waals surface area contributed by atoms with Crippen LogP contribution in [0.3, 0.4) is 0 Å². The van der Waals surface area contributed by atoms with Crippen molar-refractivity contribution >= 4 is 38.8 Å². The summed E-state index contributed by atoms with van der Waals surface area (Å²) in [6.07, 6.45) is 0.555. The van der Waals surface area contributed by atoms with Crippen LogP contribution in [0.2, 0.25) is 5.02 Å². The summed E-state index contributed by atoms with van der Waals surface area (Å²) in [4.78, 5) is 24.4. The van der Waals surface area contributed by atoms with Gasteiger partial charge in [0.25, 0.3) is 5.91 Å². The zero-order chi connectivity index (χ0) is 25.9. The van der Waals surface area contributed by atoms with Gasteiger partial charge in [-0.15, -0.1) is 0 Å². The van der Waals surface area contributed by atoms with Gasteiger partial charge in [0.1, 0.15) is 5.60 Å². The van der Waals surface area contributed by atoms with E-state index in [0.29, 0.717) is 18.6 Å². The van der Waals surface area contributed by atoms with E-state index in [1.165, 1.54) is 19.1 Å². The van der Waals surface area contributed by atoms with Crippen molar-refractivity contribution in [1.29, 1.82) is 0 Å². The fourth-order valence-corrected chi connectivity index (χ4v) is 8.40. The number of halogens is 4. The maximum absolute atomic E-state index is 13.7. The molecule has 2 aromatic rings. The van der Waals surface area contributed by atoms with Gasteiger partial charge in [-0.1, -0.05) is 18.5 Å². The minimum Gasteiger partial charge on any atom is -0.382 e. The molecule has 2 aliphatic rings. The summed E-state index contributed by atoms with van der Waals surface area (Å²) in [6.45, 7) is 3.17. The number of benzene rings is 2. The molecule has 2 unspecified atom stereocenters. The fraction of sp³-hybridized carbons (Fsp3) is 0.417. The van der Waals surface area contributed by atoms with Crippen molar-refractivity contribution < 1.29 is 36.3 Å². The van der Waals surface area contributed by atoms with Gasteiger partial charge in [0.05, 0.1) is 15.2 Å². The van der Waals surface area contributed by atoms with Crippen LogP contribution >= 0.6 is 11.6 Å². The van der Waals surface area contributed by atoms with Gasteiger partial charge in [-0.25, -0.2) is 21.6 Å². The summed E-state index contributed by atoms with van der Waals surface area (Å²) in [7, 11) is -4.09. The maximum Gasteiger partial charge on any atom is 0.255 e. The Bertz CT molecular complexity index is 1310. The Morgan fingerprint density at radius 1 is 1.11 bits per heavy atom. The first-order chi connectivity index (χ1) is 16.2. The van der Waals surface area contributed by atoms with Gasteiger partial charge in [-0.3, -0.25) is 9.59 Å². The number of Topliss-reactive ketones (excluding diaryl/α,β-unsaturated/α-hetero) is 1. The minimum atomic E-state index is -4.09. The Kier molecular flexibility index (Phi) is 6.53. The van der Waals surface area contributed by atoms with Crippen LogP contribution in [0.4, 0.5) is 18.9 Å². The van der Waals surface area contributed by atoms with Crippen LogP contribution in [-0.4, -0.2) is 36.1 Å². The summed E-state index contributed by atoms with van der Waals surface area (Å²) < 4.78 is 67.6. The van der Waals surface area contributed by atoms with E-state index in [-0.39, 0.29) is 39.9 Å². The summed E-state index contributed by atoms with van der Waals surface area (Å²) in [6, 6.07) is 4.76. The highest BCUT2D eigenvalue weighted by atomic mass is 35.5. The molecule has 0 heterocycles. The summed E-state index contributed by atoms with van der Waals surface area (Å²) in [5, 5.41) is 12.0. The molecule has 2 aliphatic carbocycles. The SMILES string of the molecule is CC(=O)[C@@]1(O)CC2C[C@H](C)C(C1)[C@@H]2S(=O)(=O)c1cc(C(=O)Nc2cc(F)c(F)c(F)c2)ccc1Cl. The van der Waals surface area contributed by atoms with Crippen molar-refractivity contribution in [2.45, 2.75) is 48.9 Å². The molecule has 2 fully saturated rings. The topological polar surface area (TPSA) is 101 Å². The number of hydrogen-bond donors (Lipinski definition) is 2. The van der Waals surface area contributed by atoms with Crippen LogP contribution in [-0.2, 0) is 14.6 Å². The van der Waals surface area contributed by atoms with Crippen molar-refractivity contribution in [1.82, 2.24) is 0 Å². The van der Waals surface area contributed by atoms with Crippen LogP contribution in [0, 0.1) is 35.2 Å². The number of nitrogens with one attached hydrogen (secondary N) is 1. The molecule has 2 aromatic carbocycles. The molecule has 0 saturated heterocycles. The number of sulfone groups is 1. The smallest absolute Gasteiger partial charge is 0.255 e. The molecule has 4 rings (SSSR count). The standard InChI is InChI=1S/C24H23ClF3NO5S/c1-11-5-14-9-24(32,12(2)30)10-16(11)22(14)35(33,34)20-6-13(3-4-17(20)25)23(31)29-15-7-18(26)21(28)19(27)8-15/h3-4,6-8,11,14,16,22,32H,5,9-10H2,1-2H3,(H,29,31)/t11-,14?,16?,22+,24+/m0/s1. The number of carbonyl (C=O) groups is 2.